The van der Waals surface area contributed by atoms with Crippen LogP contribution in [0.3, 0.4) is 0 Å². The van der Waals surface area contributed by atoms with Gasteiger partial charge in [-0.05, 0) is 42.5 Å². The second-order valence-corrected chi connectivity index (χ2v) is 8.13. The van der Waals surface area contributed by atoms with Gasteiger partial charge in [-0.1, -0.05) is 35.5 Å². The molecule has 2 aromatic heterocycles. The van der Waals surface area contributed by atoms with E-state index in [0.29, 0.717) is 15.7 Å². The molecule has 1 amide bonds. The normalized spacial score (nSPS) is 11.1. The van der Waals surface area contributed by atoms with Crippen LogP contribution in [-0.4, -0.2) is 26.4 Å². The molecule has 164 valence electrons. The summed E-state index contributed by atoms with van der Waals surface area (Å²) in [5.74, 6) is -0.657. The molecule has 2 aromatic carbocycles. The fraction of sp³-hybridized carbons (Fsp3) is 0. The topological polar surface area (TPSA) is 119 Å². The Balaban J connectivity index is 1.66. The van der Waals surface area contributed by atoms with Crippen LogP contribution in [-0.2, 0) is 0 Å². The number of amides is 1. The lowest BCUT2D eigenvalue weighted by molar-refractivity contribution is -0.384. The van der Waals surface area contributed by atoms with E-state index in [0.717, 1.165) is 11.0 Å². The Hall–Kier alpha value is -4.02. The number of benzene rings is 2. The molecule has 33 heavy (non-hydrogen) atoms. The SMILES string of the molecule is O=C(NN=Cc1c(Sc2ccc(Cl)cc2)nc2ccccn2c1=O)c1cccc([N+](=O)[O-])c1. The molecule has 0 aliphatic heterocycles. The van der Waals surface area contributed by atoms with Gasteiger partial charge < -0.3 is 0 Å². The molecule has 0 bridgehead atoms. The highest BCUT2D eigenvalue weighted by Crippen LogP contribution is 2.28. The fourth-order valence-electron chi connectivity index (χ4n) is 2.87. The Morgan fingerprint density at radius 2 is 1.94 bits per heavy atom. The Kier molecular flexibility index (Phi) is 6.48. The number of fused-ring (bicyclic) bond motifs is 1. The van der Waals surface area contributed by atoms with E-state index in [1.165, 1.54) is 40.6 Å². The number of pyridine rings is 1. The number of rotatable bonds is 6. The average Bonchev–Trinajstić information content (AvgIpc) is 2.82. The maximum Gasteiger partial charge on any atom is 0.271 e. The molecule has 0 aliphatic rings. The molecule has 0 atom stereocenters. The number of hydrogen-bond donors (Lipinski definition) is 1. The lowest BCUT2D eigenvalue weighted by Gasteiger charge is -2.08. The van der Waals surface area contributed by atoms with E-state index in [9.17, 15) is 19.7 Å². The zero-order valence-electron chi connectivity index (χ0n) is 16.7. The monoisotopic (exact) mass is 479 g/mol. The number of hydrogen-bond acceptors (Lipinski definition) is 7. The summed E-state index contributed by atoms with van der Waals surface area (Å²) in [5.41, 5.74) is 2.39. The highest BCUT2D eigenvalue weighted by atomic mass is 35.5. The minimum atomic E-state index is -0.657. The zero-order chi connectivity index (χ0) is 23.4. The molecule has 1 N–H and O–H groups in total. The molecule has 0 fully saturated rings. The van der Waals surface area contributed by atoms with Gasteiger partial charge in [0.05, 0.1) is 16.7 Å². The Morgan fingerprint density at radius 3 is 2.70 bits per heavy atom. The van der Waals surface area contributed by atoms with E-state index < -0.39 is 10.8 Å². The van der Waals surface area contributed by atoms with Gasteiger partial charge in [-0.15, -0.1) is 0 Å². The van der Waals surface area contributed by atoms with Crippen molar-refractivity contribution in [3.63, 3.8) is 0 Å². The van der Waals surface area contributed by atoms with Crippen molar-refractivity contribution in [2.45, 2.75) is 9.92 Å². The molecular formula is C22H14ClN5O4S. The first-order chi connectivity index (χ1) is 15.9. The van der Waals surface area contributed by atoms with Crippen molar-refractivity contribution in [2.75, 3.05) is 0 Å². The van der Waals surface area contributed by atoms with Gasteiger partial charge in [-0.3, -0.25) is 24.1 Å². The molecule has 0 aliphatic carbocycles. The fourth-order valence-corrected chi connectivity index (χ4v) is 3.88. The molecule has 0 unspecified atom stereocenters. The predicted molar refractivity (Wildman–Crippen MR) is 125 cm³/mol. The van der Waals surface area contributed by atoms with Crippen molar-refractivity contribution in [1.29, 1.82) is 0 Å². The van der Waals surface area contributed by atoms with Crippen LogP contribution >= 0.6 is 23.4 Å². The van der Waals surface area contributed by atoms with Crippen LogP contribution in [0.1, 0.15) is 15.9 Å². The largest absolute Gasteiger partial charge is 0.271 e. The van der Waals surface area contributed by atoms with E-state index in [-0.39, 0.29) is 22.4 Å². The summed E-state index contributed by atoms with van der Waals surface area (Å²) in [7, 11) is 0. The number of nitro groups is 1. The first-order valence-corrected chi connectivity index (χ1v) is 10.6. The van der Waals surface area contributed by atoms with Crippen molar-refractivity contribution in [1.82, 2.24) is 14.8 Å². The van der Waals surface area contributed by atoms with Gasteiger partial charge in [0.25, 0.3) is 17.2 Å². The van der Waals surface area contributed by atoms with E-state index in [4.69, 9.17) is 11.6 Å². The van der Waals surface area contributed by atoms with Crippen molar-refractivity contribution in [3.05, 3.63) is 110 Å². The molecule has 0 spiro atoms. The Labute approximate surface area is 195 Å². The molecule has 4 aromatic rings. The molecule has 0 radical (unpaired) electrons. The van der Waals surface area contributed by atoms with Crippen molar-refractivity contribution < 1.29 is 9.72 Å². The smallest absolute Gasteiger partial charge is 0.268 e. The molecule has 4 rings (SSSR count). The third-order valence-corrected chi connectivity index (χ3v) is 5.71. The van der Waals surface area contributed by atoms with Crippen LogP contribution in [0.25, 0.3) is 5.65 Å². The van der Waals surface area contributed by atoms with Gasteiger partial charge in [0, 0.05) is 33.8 Å². The van der Waals surface area contributed by atoms with Crippen LogP contribution in [0.2, 0.25) is 5.02 Å². The van der Waals surface area contributed by atoms with Gasteiger partial charge in [-0.25, -0.2) is 10.4 Å². The Bertz CT molecular complexity index is 1450. The zero-order valence-corrected chi connectivity index (χ0v) is 18.3. The second-order valence-electron chi connectivity index (χ2n) is 6.63. The highest BCUT2D eigenvalue weighted by Gasteiger charge is 2.14. The number of nitro benzene ring substituents is 1. The number of nitrogens with one attached hydrogen (secondary N) is 1. The lowest BCUT2D eigenvalue weighted by Crippen LogP contribution is -2.23. The number of non-ortho nitro benzene ring substituents is 1. The summed E-state index contributed by atoms with van der Waals surface area (Å²) in [6.45, 7) is 0. The van der Waals surface area contributed by atoms with Crippen molar-refractivity contribution in [2.24, 2.45) is 5.10 Å². The minimum Gasteiger partial charge on any atom is -0.268 e. The van der Waals surface area contributed by atoms with Crippen LogP contribution in [0.15, 0.2) is 92.7 Å². The van der Waals surface area contributed by atoms with E-state index >= 15 is 0 Å². The first kappa shape index (κ1) is 22.2. The summed E-state index contributed by atoms with van der Waals surface area (Å²) in [6.07, 6.45) is 2.79. The van der Waals surface area contributed by atoms with Crippen LogP contribution in [0.5, 0.6) is 0 Å². The number of nitrogens with zero attached hydrogens (tertiary/aromatic N) is 4. The molecule has 2 heterocycles. The summed E-state index contributed by atoms with van der Waals surface area (Å²) in [5, 5.41) is 15.8. The first-order valence-electron chi connectivity index (χ1n) is 9.45. The number of hydrazone groups is 1. The van der Waals surface area contributed by atoms with Gasteiger partial charge in [-0.2, -0.15) is 5.10 Å². The third-order valence-electron chi connectivity index (χ3n) is 4.44. The molecule has 9 nitrogen and oxygen atoms in total. The predicted octanol–water partition coefficient (Wildman–Crippen LogP) is 4.17. The summed E-state index contributed by atoms with van der Waals surface area (Å²) in [6, 6.07) is 17.5. The quantitative estimate of drug-likeness (QED) is 0.192. The van der Waals surface area contributed by atoms with Gasteiger partial charge in [0.15, 0.2) is 0 Å². The molecular weight excluding hydrogens is 466 g/mol. The number of carbonyl (C=O) groups excluding carboxylic acids is 1. The lowest BCUT2D eigenvalue weighted by atomic mass is 10.2. The van der Waals surface area contributed by atoms with E-state index in [2.05, 4.69) is 15.5 Å². The number of carbonyl (C=O) groups is 1. The van der Waals surface area contributed by atoms with Crippen LogP contribution < -0.4 is 11.0 Å². The molecule has 11 heteroatoms. The summed E-state index contributed by atoms with van der Waals surface area (Å²) in [4.78, 5) is 41.1. The second kappa shape index (κ2) is 9.63. The third kappa shape index (κ3) is 5.08. The van der Waals surface area contributed by atoms with Gasteiger partial charge in [0.1, 0.15) is 10.7 Å². The van der Waals surface area contributed by atoms with E-state index in [1.54, 1.807) is 48.7 Å². The maximum atomic E-state index is 13.1. The molecule has 0 saturated carbocycles. The highest BCUT2D eigenvalue weighted by molar-refractivity contribution is 7.99. The standard InChI is InChI=1S/C22H14ClN5O4S/c23-15-7-9-17(10-8-15)33-21-18(22(30)27-11-2-1-6-19(27)25-21)13-24-26-20(29)14-4-3-5-16(12-14)28(31)32/h1-13H,(H,26,29). The van der Waals surface area contributed by atoms with E-state index in [1.807, 2.05) is 0 Å². The summed E-state index contributed by atoms with van der Waals surface area (Å²) >= 11 is 7.20. The van der Waals surface area contributed by atoms with Crippen LogP contribution in [0.4, 0.5) is 5.69 Å². The Morgan fingerprint density at radius 1 is 1.15 bits per heavy atom. The van der Waals surface area contributed by atoms with Crippen molar-refractivity contribution >= 4 is 46.8 Å². The van der Waals surface area contributed by atoms with Crippen LogP contribution in [0, 0.1) is 10.1 Å². The molecule has 0 saturated heterocycles. The van der Waals surface area contributed by atoms with Crippen molar-refractivity contribution in [3.8, 4) is 0 Å². The maximum absolute atomic E-state index is 13.1. The summed E-state index contributed by atoms with van der Waals surface area (Å²) < 4.78 is 1.37. The van der Waals surface area contributed by atoms with Gasteiger partial charge >= 0.3 is 0 Å². The number of aromatic nitrogens is 2. The average molecular weight is 480 g/mol. The minimum absolute atomic E-state index is 0.0606. The number of halogens is 1. The van der Waals surface area contributed by atoms with Gasteiger partial charge in [0.2, 0.25) is 0 Å².